The minimum Gasteiger partial charge on any atom is -0.497 e. The summed E-state index contributed by atoms with van der Waals surface area (Å²) < 4.78 is 44.1. The summed E-state index contributed by atoms with van der Waals surface area (Å²) in [5.74, 6) is 0.451. The lowest BCUT2D eigenvalue weighted by Crippen LogP contribution is -2.13. The molecular weight excluding hydrogens is 255 g/mol. The van der Waals surface area contributed by atoms with Gasteiger partial charge in [-0.2, -0.15) is 18.4 Å². The summed E-state index contributed by atoms with van der Waals surface area (Å²) in [4.78, 5) is 0. The molecule has 0 atom stereocenters. The van der Waals surface area contributed by atoms with Crippen molar-refractivity contribution >= 4 is 5.57 Å². The first-order chi connectivity index (χ1) is 8.93. The van der Waals surface area contributed by atoms with Crippen LogP contribution in [0.4, 0.5) is 13.2 Å². The smallest absolute Gasteiger partial charge is 0.417 e. The van der Waals surface area contributed by atoms with Crippen molar-refractivity contribution in [3.63, 3.8) is 0 Å². The topological polar surface area (TPSA) is 33.0 Å². The van der Waals surface area contributed by atoms with E-state index in [0.717, 1.165) is 0 Å². The van der Waals surface area contributed by atoms with Crippen molar-refractivity contribution in [1.82, 2.24) is 0 Å². The van der Waals surface area contributed by atoms with E-state index in [1.807, 2.05) is 0 Å². The second-order valence-corrected chi connectivity index (χ2v) is 3.68. The van der Waals surface area contributed by atoms with Gasteiger partial charge in [-0.1, -0.05) is 18.2 Å². The van der Waals surface area contributed by atoms with E-state index in [1.165, 1.54) is 37.5 Å². The molecule has 0 heterocycles. The van der Waals surface area contributed by atoms with Gasteiger partial charge >= 0.3 is 6.18 Å². The molecule has 0 aliphatic carbocycles. The van der Waals surface area contributed by atoms with Crippen molar-refractivity contribution in [2.24, 2.45) is 0 Å². The fourth-order valence-electron chi connectivity index (χ4n) is 1.61. The molecule has 1 aromatic rings. The van der Waals surface area contributed by atoms with E-state index >= 15 is 0 Å². The van der Waals surface area contributed by atoms with Gasteiger partial charge in [0.25, 0.3) is 0 Å². The highest BCUT2D eigenvalue weighted by Gasteiger charge is 2.37. The van der Waals surface area contributed by atoms with Gasteiger partial charge in [-0.25, -0.2) is 0 Å². The van der Waals surface area contributed by atoms with Gasteiger partial charge in [-0.15, -0.1) is 6.58 Å². The number of halogens is 3. The molecule has 1 aromatic carbocycles. The molecule has 0 aliphatic heterocycles. The van der Waals surface area contributed by atoms with E-state index in [-0.39, 0.29) is 17.6 Å². The number of methoxy groups -OCH3 is 1. The summed E-state index contributed by atoms with van der Waals surface area (Å²) in [6, 6.07) is 6.99. The van der Waals surface area contributed by atoms with Gasteiger partial charge in [0.1, 0.15) is 5.75 Å². The summed E-state index contributed by atoms with van der Waals surface area (Å²) in [6.07, 6.45) is -3.45. The number of hydrogen-bond donors (Lipinski definition) is 0. The SMILES string of the molecule is C=CC/C(C#N)=C(\c1ccc(OC)cc1)C(F)(F)F. The zero-order valence-corrected chi connectivity index (χ0v) is 10.3. The Morgan fingerprint density at radius 1 is 1.37 bits per heavy atom. The Bertz CT molecular complexity index is 521. The molecule has 19 heavy (non-hydrogen) atoms. The number of rotatable bonds is 4. The van der Waals surface area contributed by atoms with Crippen molar-refractivity contribution in [2.75, 3.05) is 7.11 Å². The van der Waals surface area contributed by atoms with Gasteiger partial charge in [0, 0.05) is 12.0 Å². The summed E-state index contributed by atoms with van der Waals surface area (Å²) in [5.41, 5.74) is -1.35. The molecule has 0 bridgehead atoms. The molecule has 0 unspecified atom stereocenters. The van der Waals surface area contributed by atoms with Crippen molar-refractivity contribution in [3.05, 3.63) is 48.1 Å². The molecular formula is C14H12F3NO. The van der Waals surface area contributed by atoms with Gasteiger partial charge in [-0.05, 0) is 17.7 Å². The normalized spacial score (nSPS) is 12.4. The van der Waals surface area contributed by atoms with E-state index in [0.29, 0.717) is 5.75 Å². The predicted molar refractivity (Wildman–Crippen MR) is 66.4 cm³/mol. The third-order valence-corrected chi connectivity index (χ3v) is 2.45. The molecule has 0 fully saturated rings. The van der Waals surface area contributed by atoms with Crippen LogP contribution in [0.25, 0.3) is 5.57 Å². The number of alkyl halides is 3. The second-order valence-electron chi connectivity index (χ2n) is 3.68. The molecule has 1 rings (SSSR count). The van der Waals surface area contributed by atoms with Crippen LogP contribution in [0.15, 0.2) is 42.5 Å². The number of hydrogen-bond acceptors (Lipinski definition) is 2. The first-order valence-electron chi connectivity index (χ1n) is 5.39. The van der Waals surface area contributed by atoms with Crippen molar-refractivity contribution in [2.45, 2.75) is 12.6 Å². The van der Waals surface area contributed by atoms with Gasteiger partial charge in [0.05, 0.1) is 18.8 Å². The second kappa shape index (κ2) is 6.10. The Balaban J connectivity index is 3.40. The molecule has 5 heteroatoms. The highest BCUT2D eigenvalue weighted by atomic mass is 19.4. The Labute approximate surface area is 109 Å². The highest BCUT2D eigenvalue weighted by molar-refractivity contribution is 5.75. The molecule has 100 valence electrons. The molecule has 2 nitrogen and oxygen atoms in total. The summed E-state index contributed by atoms with van der Waals surface area (Å²) in [6.45, 7) is 3.36. The fourth-order valence-corrected chi connectivity index (χ4v) is 1.61. The third kappa shape index (κ3) is 3.62. The van der Waals surface area contributed by atoms with E-state index in [2.05, 4.69) is 6.58 Å². The Hall–Kier alpha value is -2.22. The highest BCUT2D eigenvalue weighted by Crippen LogP contribution is 2.37. The Kier molecular flexibility index (Phi) is 4.76. The average molecular weight is 267 g/mol. The first kappa shape index (κ1) is 14.8. The van der Waals surface area contributed by atoms with Gasteiger partial charge in [0.2, 0.25) is 0 Å². The first-order valence-corrected chi connectivity index (χ1v) is 5.39. The third-order valence-electron chi connectivity index (χ3n) is 2.45. The zero-order valence-electron chi connectivity index (χ0n) is 10.3. The number of nitrogens with zero attached hydrogens (tertiary/aromatic N) is 1. The van der Waals surface area contributed by atoms with Crippen LogP contribution in [0.2, 0.25) is 0 Å². The van der Waals surface area contributed by atoms with E-state index in [4.69, 9.17) is 10.00 Å². The van der Waals surface area contributed by atoms with Crippen LogP contribution < -0.4 is 4.74 Å². The maximum atomic E-state index is 13.1. The molecule has 0 aromatic heterocycles. The van der Waals surface area contributed by atoms with E-state index in [1.54, 1.807) is 6.07 Å². The monoisotopic (exact) mass is 267 g/mol. The van der Waals surface area contributed by atoms with Gasteiger partial charge in [-0.3, -0.25) is 0 Å². The standard InChI is InChI=1S/C14H12F3NO/c1-3-4-11(9-18)13(14(15,16)17)10-5-7-12(19-2)8-6-10/h3,5-8H,1,4H2,2H3/b13-11-. The van der Waals surface area contributed by atoms with Crippen LogP contribution in [-0.4, -0.2) is 13.3 Å². The molecule has 0 radical (unpaired) electrons. The van der Waals surface area contributed by atoms with Crippen LogP contribution >= 0.6 is 0 Å². The van der Waals surface area contributed by atoms with Crippen LogP contribution in [0, 0.1) is 11.3 Å². The average Bonchev–Trinajstić information content (AvgIpc) is 2.37. The number of benzene rings is 1. The molecule has 0 saturated carbocycles. The number of allylic oxidation sites excluding steroid dienone is 3. The van der Waals surface area contributed by atoms with Crippen LogP contribution in [-0.2, 0) is 0 Å². The van der Waals surface area contributed by atoms with Crippen LogP contribution in [0.1, 0.15) is 12.0 Å². The van der Waals surface area contributed by atoms with Crippen molar-refractivity contribution in [3.8, 4) is 11.8 Å². The quantitative estimate of drug-likeness (QED) is 0.607. The zero-order chi connectivity index (χ0) is 14.5. The molecule has 0 spiro atoms. The number of ether oxygens (including phenoxy) is 1. The Morgan fingerprint density at radius 3 is 2.32 bits per heavy atom. The largest absolute Gasteiger partial charge is 0.497 e. The fraction of sp³-hybridized carbons (Fsp3) is 0.214. The molecule has 0 N–H and O–H groups in total. The molecule has 0 amide bonds. The summed E-state index contributed by atoms with van der Waals surface area (Å²) >= 11 is 0. The van der Waals surface area contributed by atoms with E-state index in [9.17, 15) is 13.2 Å². The van der Waals surface area contributed by atoms with Crippen LogP contribution in [0.5, 0.6) is 5.75 Å². The summed E-state index contributed by atoms with van der Waals surface area (Å²) in [7, 11) is 1.42. The maximum Gasteiger partial charge on any atom is 0.417 e. The Morgan fingerprint density at radius 2 is 1.95 bits per heavy atom. The maximum absolute atomic E-state index is 13.1. The van der Waals surface area contributed by atoms with Gasteiger partial charge in [0.15, 0.2) is 0 Å². The minimum atomic E-state index is -4.59. The molecule has 0 saturated heterocycles. The van der Waals surface area contributed by atoms with Crippen molar-refractivity contribution in [1.29, 1.82) is 5.26 Å². The van der Waals surface area contributed by atoms with E-state index < -0.39 is 11.7 Å². The lowest BCUT2D eigenvalue weighted by molar-refractivity contribution is -0.0693. The van der Waals surface area contributed by atoms with Crippen LogP contribution in [0.3, 0.4) is 0 Å². The predicted octanol–water partition coefficient (Wildman–Crippen LogP) is 4.11. The number of nitriles is 1. The van der Waals surface area contributed by atoms with Crippen molar-refractivity contribution < 1.29 is 17.9 Å². The minimum absolute atomic E-state index is 0.0632. The lowest BCUT2D eigenvalue weighted by Gasteiger charge is -2.14. The summed E-state index contributed by atoms with van der Waals surface area (Å²) in [5, 5.41) is 8.87. The lowest BCUT2D eigenvalue weighted by atomic mass is 9.98. The van der Waals surface area contributed by atoms with Gasteiger partial charge < -0.3 is 4.74 Å². The molecule has 0 aliphatic rings.